The normalized spacial score (nSPS) is 16.9. The van der Waals surface area contributed by atoms with Gasteiger partial charge in [0.25, 0.3) is 0 Å². The monoisotopic (exact) mass is 384 g/mol. The van der Waals surface area contributed by atoms with E-state index in [1.54, 1.807) is 41.0 Å². The first-order valence-electron chi connectivity index (χ1n) is 9.21. The van der Waals surface area contributed by atoms with Crippen LogP contribution in [0.25, 0.3) is 5.69 Å². The summed E-state index contributed by atoms with van der Waals surface area (Å²) in [5.41, 5.74) is 1.46. The molecule has 0 spiro atoms. The molecule has 8 nitrogen and oxygen atoms in total. The van der Waals surface area contributed by atoms with Gasteiger partial charge in [-0.1, -0.05) is 11.2 Å². The molecule has 1 unspecified atom stereocenters. The fraction of sp³-hybridized carbons (Fsp3) is 0.368. The highest BCUT2D eigenvalue weighted by Crippen LogP contribution is 2.24. The number of aryl methyl sites for hydroxylation is 1. The molecular formula is C19H21FN6O2. The number of nitrogens with one attached hydrogen (secondary N) is 1. The molecule has 0 aliphatic carbocycles. The van der Waals surface area contributed by atoms with E-state index in [9.17, 15) is 9.18 Å². The van der Waals surface area contributed by atoms with Gasteiger partial charge in [0, 0.05) is 44.2 Å². The zero-order valence-electron chi connectivity index (χ0n) is 15.5. The van der Waals surface area contributed by atoms with E-state index in [-0.39, 0.29) is 17.8 Å². The number of benzene rings is 1. The summed E-state index contributed by atoms with van der Waals surface area (Å²) in [4.78, 5) is 18.6. The van der Waals surface area contributed by atoms with Gasteiger partial charge in [0.05, 0.1) is 11.9 Å². The number of nitrogens with zero attached hydrogens (tertiary/aromatic N) is 5. The summed E-state index contributed by atoms with van der Waals surface area (Å²) >= 11 is 0. The highest BCUT2D eigenvalue weighted by Gasteiger charge is 2.27. The van der Waals surface area contributed by atoms with Gasteiger partial charge in [0.1, 0.15) is 5.82 Å². The molecule has 9 heteroatoms. The predicted molar refractivity (Wildman–Crippen MR) is 98.3 cm³/mol. The summed E-state index contributed by atoms with van der Waals surface area (Å²) in [6.45, 7) is 3.36. The van der Waals surface area contributed by atoms with Crippen molar-refractivity contribution in [2.75, 3.05) is 13.1 Å². The second kappa shape index (κ2) is 7.79. The molecule has 1 aliphatic heterocycles. The minimum Gasteiger partial charge on any atom is -0.340 e. The van der Waals surface area contributed by atoms with Crippen LogP contribution in [0.3, 0.4) is 0 Å². The topological polar surface area (TPSA) is 89.1 Å². The van der Waals surface area contributed by atoms with Crippen LogP contribution in [0.4, 0.5) is 9.18 Å². The Morgan fingerprint density at radius 1 is 1.43 bits per heavy atom. The maximum Gasteiger partial charge on any atom is 0.317 e. The summed E-state index contributed by atoms with van der Waals surface area (Å²) in [6.07, 6.45) is 5.26. The lowest BCUT2D eigenvalue weighted by Gasteiger charge is -2.31. The summed E-state index contributed by atoms with van der Waals surface area (Å²) in [5.74, 6) is 0.963. The standard InChI is InChI=1S/C19H21FN6O2/c1-13-23-18(24-28-13)15-4-3-7-25(12-15)19(27)21-9-14-10-22-26(11-14)17-6-2-5-16(20)8-17/h2,5-6,8,10-11,15H,3-4,7,9,12H2,1H3,(H,21,27). The molecule has 146 valence electrons. The van der Waals surface area contributed by atoms with E-state index in [1.165, 1.54) is 12.1 Å². The predicted octanol–water partition coefficient (Wildman–Crippen LogP) is 2.79. The lowest BCUT2D eigenvalue weighted by Crippen LogP contribution is -2.44. The molecule has 3 heterocycles. The third kappa shape index (κ3) is 4.03. The summed E-state index contributed by atoms with van der Waals surface area (Å²) in [7, 11) is 0. The second-order valence-corrected chi connectivity index (χ2v) is 6.89. The highest BCUT2D eigenvalue weighted by molar-refractivity contribution is 5.74. The lowest BCUT2D eigenvalue weighted by atomic mass is 9.98. The Hall–Kier alpha value is -3.23. The lowest BCUT2D eigenvalue weighted by molar-refractivity contribution is 0.177. The highest BCUT2D eigenvalue weighted by atomic mass is 19.1. The maximum atomic E-state index is 13.4. The number of hydrogen-bond acceptors (Lipinski definition) is 5. The third-order valence-corrected chi connectivity index (χ3v) is 4.77. The fourth-order valence-electron chi connectivity index (χ4n) is 3.35. The maximum absolute atomic E-state index is 13.4. The Morgan fingerprint density at radius 2 is 2.32 bits per heavy atom. The molecule has 4 rings (SSSR count). The van der Waals surface area contributed by atoms with Crippen LogP contribution in [0.1, 0.15) is 36.0 Å². The number of carbonyl (C=O) groups excluding carboxylic acids is 1. The fourth-order valence-corrected chi connectivity index (χ4v) is 3.35. The van der Waals surface area contributed by atoms with E-state index < -0.39 is 0 Å². The van der Waals surface area contributed by atoms with E-state index in [2.05, 4.69) is 20.6 Å². The van der Waals surface area contributed by atoms with Crippen LogP contribution in [-0.2, 0) is 6.54 Å². The number of hydrogen-bond donors (Lipinski definition) is 1. The molecule has 1 N–H and O–H groups in total. The van der Waals surface area contributed by atoms with E-state index in [0.717, 1.165) is 18.4 Å². The van der Waals surface area contributed by atoms with Gasteiger partial charge >= 0.3 is 6.03 Å². The van der Waals surface area contributed by atoms with Gasteiger partial charge in [-0.05, 0) is 31.0 Å². The SMILES string of the molecule is Cc1nc(C2CCCN(C(=O)NCc3cnn(-c4cccc(F)c4)c3)C2)no1. The van der Waals surface area contributed by atoms with Crippen LogP contribution in [-0.4, -0.2) is 43.9 Å². The van der Waals surface area contributed by atoms with Crippen molar-refractivity contribution in [3.8, 4) is 5.69 Å². The molecular weight excluding hydrogens is 363 g/mol. The van der Waals surface area contributed by atoms with Crippen LogP contribution in [0.2, 0.25) is 0 Å². The molecule has 1 fully saturated rings. The molecule has 1 saturated heterocycles. The van der Waals surface area contributed by atoms with Gasteiger partial charge in [0.2, 0.25) is 5.89 Å². The minimum atomic E-state index is -0.320. The molecule has 1 atom stereocenters. The van der Waals surface area contributed by atoms with Crippen LogP contribution in [0.15, 0.2) is 41.2 Å². The molecule has 2 amide bonds. The number of likely N-dealkylation sites (tertiary alicyclic amines) is 1. The first kappa shape index (κ1) is 18.1. The first-order chi connectivity index (χ1) is 13.6. The van der Waals surface area contributed by atoms with E-state index >= 15 is 0 Å². The van der Waals surface area contributed by atoms with Crippen molar-refractivity contribution in [3.63, 3.8) is 0 Å². The van der Waals surface area contributed by atoms with Crippen LogP contribution >= 0.6 is 0 Å². The molecule has 0 bridgehead atoms. The number of amides is 2. The number of carbonyl (C=O) groups is 1. The molecule has 1 aromatic carbocycles. The van der Waals surface area contributed by atoms with Crippen molar-refractivity contribution in [2.45, 2.75) is 32.2 Å². The Bertz CT molecular complexity index is 969. The van der Waals surface area contributed by atoms with E-state index in [4.69, 9.17) is 4.52 Å². The average Bonchev–Trinajstić information content (AvgIpc) is 3.35. The molecule has 3 aromatic rings. The Kier molecular flexibility index (Phi) is 5.05. The molecule has 0 radical (unpaired) electrons. The number of piperidine rings is 1. The Morgan fingerprint density at radius 3 is 3.11 bits per heavy atom. The van der Waals surface area contributed by atoms with E-state index in [0.29, 0.717) is 37.0 Å². The van der Waals surface area contributed by atoms with Gasteiger partial charge in [-0.15, -0.1) is 0 Å². The molecule has 28 heavy (non-hydrogen) atoms. The zero-order valence-corrected chi connectivity index (χ0v) is 15.5. The van der Waals surface area contributed by atoms with Gasteiger partial charge in [-0.3, -0.25) is 0 Å². The number of rotatable bonds is 4. The summed E-state index contributed by atoms with van der Waals surface area (Å²) < 4.78 is 20.0. The van der Waals surface area contributed by atoms with Crippen molar-refractivity contribution in [1.29, 1.82) is 0 Å². The largest absolute Gasteiger partial charge is 0.340 e. The van der Waals surface area contributed by atoms with Crippen molar-refractivity contribution in [3.05, 3.63) is 59.8 Å². The third-order valence-electron chi connectivity index (χ3n) is 4.77. The minimum absolute atomic E-state index is 0.0904. The van der Waals surface area contributed by atoms with E-state index in [1.807, 2.05) is 0 Å². The Balaban J connectivity index is 1.34. The second-order valence-electron chi connectivity index (χ2n) is 6.89. The van der Waals surface area contributed by atoms with Crippen molar-refractivity contribution >= 4 is 6.03 Å². The quantitative estimate of drug-likeness (QED) is 0.747. The average molecular weight is 384 g/mol. The Labute approximate surface area is 161 Å². The molecule has 0 saturated carbocycles. The van der Waals surface area contributed by atoms with Crippen LogP contribution < -0.4 is 5.32 Å². The smallest absolute Gasteiger partial charge is 0.317 e. The summed E-state index contributed by atoms with van der Waals surface area (Å²) in [6, 6.07) is 6.06. The number of aromatic nitrogens is 4. The zero-order chi connectivity index (χ0) is 19.5. The van der Waals surface area contributed by atoms with Crippen molar-refractivity contribution in [2.24, 2.45) is 0 Å². The van der Waals surface area contributed by atoms with Crippen molar-refractivity contribution in [1.82, 2.24) is 30.1 Å². The summed E-state index contributed by atoms with van der Waals surface area (Å²) in [5, 5.41) is 11.1. The van der Waals surface area contributed by atoms with Gasteiger partial charge in [-0.25, -0.2) is 13.9 Å². The van der Waals surface area contributed by atoms with Gasteiger partial charge < -0.3 is 14.7 Å². The number of halogens is 1. The van der Waals surface area contributed by atoms with Crippen LogP contribution in [0, 0.1) is 12.7 Å². The van der Waals surface area contributed by atoms with Crippen LogP contribution in [0.5, 0.6) is 0 Å². The number of urea groups is 1. The van der Waals surface area contributed by atoms with Crippen molar-refractivity contribution < 1.29 is 13.7 Å². The molecule has 2 aromatic heterocycles. The first-order valence-corrected chi connectivity index (χ1v) is 9.21. The van der Waals surface area contributed by atoms with Gasteiger partial charge in [-0.2, -0.15) is 10.1 Å². The van der Waals surface area contributed by atoms with Gasteiger partial charge in [0.15, 0.2) is 5.82 Å². The molecule has 1 aliphatic rings.